The van der Waals surface area contributed by atoms with Crippen LogP contribution in [0.2, 0.25) is 0 Å². The molecule has 0 rings (SSSR count). The molecule has 0 saturated carbocycles. The molecule has 0 heterocycles. The van der Waals surface area contributed by atoms with Crippen LogP contribution in [-0.2, 0) is 18.4 Å². The van der Waals surface area contributed by atoms with Gasteiger partial charge in [0.25, 0.3) is 0 Å². The molecule has 3 unspecified atom stereocenters. The summed E-state index contributed by atoms with van der Waals surface area (Å²) >= 11 is 0. The van der Waals surface area contributed by atoms with E-state index in [4.69, 9.17) is 9.05 Å². The van der Waals surface area contributed by atoms with Crippen LogP contribution in [0.25, 0.3) is 0 Å². The van der Waals surface area contributed by atoms with Gasteiger partial charge in [-0.15, -0.1) is 0 Å². The van der Waals surface area contributed by atoms with Gasteiger partial charge in [0.1, 0.15) is 13.2 Å². The molecule has 9 heteroatoms. The number of hydrogen-bond acceptors (Lipinski definition) is 5. The summed E-state index contributed by atoms with van der Waals surface area (Å²) in [6.45, 7) is 4.73. The summed E-state index contributed by atoms with van der Waals surface area (Å²) in [7, 11) is 1.55. The number of allylic oxidation sites excluding steroid dienone is 5. The molecule has 306 valence electrons. The largest absolute Gasteiger partial charge is 0.472 e. The van der Waals surface area contributed by atoms with E-state index in [9.17, 15) is 19.4 Å². The van der Waals surface area contributed by atoms with Crippen LogP contribution in [0, 0.1) is 0 Å². The zero-order valence-electron chi connectivity index (χ0n) is 34.5. The number of hydrogen-bond donors (Lipinski definition) is 3. The van der Waals surface area contributed by atoms with Gasteiger partial charge in [-0.05, 0) is 57.8 Å². The van der Waals surface area contributed by atoms with E-state index in [2.05, 4.69) is 43.5 Å². The lowest BCUT2D eigenvalue weighted by Gasteiger charge is -2.25. The number of quaternary nitrogens is 1. The highest BCUT2D eigenvalue weighted by atomic mass is 31.2. The van der Waals surface area contributed by atoms with Crippen molar-refractivity contribution in [3.63, 3.8) is 0 Å². The average molecular weight is 756 g/mol. The third-order valence-corrected chi connectivity index (χ3v) is 10.3. The Morgan fingerprint density at radius 1 is 0.635 bits per heavy atom. The number of likely N-dealkylation sites (N-methyl/N-ethyl adjacent to an activating group) is 1. The van der Waals surface area contributed by atoms with E-state index in [-0.39, 0.29) is 19.1 Å². The van der Waals surface area contributed by atoms with Crippen molar-refractivity contribution in [2.75, 3.05) is 40.9 Å². The minimum absolute atomic E-state index is 0.0548. The van der Waals surface area contributed by atoms with Crippen molar-refractivity contribution in [3.8, 4) is 0 Å². The van der Waals surface area contributed by atoms with Gasteiger partial charge >= 0.3 is 7.82 Å². The van der Waals surface area contributed by atoms with Gasteiger partial charge in [0.05, 0.1) is 39.9 Å². The van der Waals surface area contributed by atoms with Gasteiger partial charge < -0.3 is 19.8 Å². The first-order chi connectivity index (χ1) is 25.0. The molecule has 52 heavy (non-hydrogen) atoms. The summed E-state index contributed by atoms with van der Waals surface area (Å²) in [5, 5.41) is 13.7. The molecule has 0 aromatic heterocycles. The monoisotopic (exact) mass is 756 g/mol. The summed E-state index contributed by atoms with van der Waals surface area (Å²) in [6.07, 6.45) is 42.3. The minimum Gasteiger partial charge on any atom is -0.387 e. The number of carbonyl (C=O) groups excluding carboxylic acids is 1. The fourth-order valence-electron chi connectivity index (χ4n) is 5.87. The number of nitrogens with zero attached hydrogens (tertiary/aromatic N) is 1. The van der Waals surface area contributed by atoms with Crippen molar-refractivity contribution in [1.29, 1.82) is 0 Å². The van der Waals surface area contributed by atoms with E-state index in [1.165, 1.54) is 122 Å². The molecule has 8 nitrogen and oxygen atoms in total. The summed E-state index contributed by atoms with van der Waals surface area (Å²) in [4.78, 5) is 23.0. The summed E-state index contributed by atoms with van der Waals surface area (Å²) in [6, 6.07) is -0.861. The lowest BCUT2D eigenvalue weighted by molar-refractivity contribution is -0.870. The molecular weight excluding hydrogens is 671 g/mol. The van der Waals surface area contributed by atoms with Crippen molar-refractivity contribution in [2.24, 2.45) is 0 Å². The Bertz CT molecular complexity index is 948. The molecule has 1 amide bonds. The van der Waals surface area contributed by atoms with E-state index >= 15 is 0 Å². The molecule has 0 aliphatic rings. The van der Waals surface area contributed by atoms with Crippen molar-refractivity contribution in [3.05, 3.63) is 36.5 Å². The maximum absolute atomic E-state index is 12.8. The van der Waals surface area contributed by atoms with Gasteiger partial charge in [-0.3, -0.25) is 13.8 Å². The van der Waals surface area contributed by atoms with Crippen LogP contribution < -0.4 is 5.32 Å². The van der Waals surface area contributed by atoms with E-state index in [1.807, 2.05) is 27.2 Å². The Morgan fingerprint density at radius 3 is 1.58 bits per heavy atom. The number of phosphoric acid groups is 1. The number of rotatable bonds is 38. The number of amides is 1. The highest BCUT2D eigenvalue weighted by Gasteiger charge is 2.27. The van der Waals surface area contributed by atoms with Gasteiger partial charge in [0.15, 0.2) is 0 Å². The molecule has 0 aliphatic heterocycles. The fraction of sp³-hybridized carbons (Fsp3) is 0.837. The first-order valence-corrected chi connectivity index (χ1v) is 22.9. The highest BCUT2D eigenvalue weighted by molar-refractivity contribution is 7.47. The van der Waals surface area contributed by atoms with E-state index in [1.54, 1.807) is 6.08 Å². The fourth-order valence-corrected chi connectivity index (χ4v) is 6.61. The van der Waals surface area contributed by atoms with Gasteiger partial charge in [-0.1, -0.05) is 153 Å². The molecule has 0 bridgehead atoms. The Kier molecular flexibility index (Phi) is 34.6. The smallest absolute Gasteiger partial charge is 0.387 e. The minimum atomic E-state index is -4.34. The summed E-state index contributed by atoms with van der Waals surface area (Å²) in [5.41, 5.74) is 0. The van der Waals surface area contributed by atoms with E-state index < -0.39 is 20.0 Å². The van der Waals surface area contributed by atoms with Crippen LogP contribution in [0.4, 0.5) is 0 Å². The van der Waals surface area contributed by atoms with Crippen molar-refractivity contribution in [2.45, 2.75) is 193 Å². The molecular formula is C43H84N2O6P+. The average Bonchev–Trinajstić information content (AvgIpc) is 3.09. The number of carbonyl (C=O) groups is 1. The lowest BCUT2D eigenvalue weighted by atomic mass is 10.1. The van der Waals surface area contributed by atoms with Gasteiger partial charge in [-0.25, -0.2) is 4.57 Å². The molecule has 0 aliphatic carbocycles. The Morgan fingerprint density at radius 2 is 1.06 bits per heavy atom. The van der Waals surface area contributed by atoms with Crippen LogP contribution in [0.5, 0.6) is 0 Å². The predicted molar refractivity (Wildman–Crippen MR) is 221 cm³/mol. The number of aliphatic hydroxyl groups excluding tert-OH is 1. The van der Waals surface area contributed by atoms with Gasteiger partial charge in [0, 0.05) is 6.42 Å². The van der Waals surface area contributed by atoms with Gasteiger partial charge in [0.2, 0.25) is 5.91 Å². The standard InChI is InChI=1S/C43H83N2O6P/c1-6-8-10-12-14-16-17-18-19-20-21-22-23-24-25-26-27-29-31-33-35-37-43(47)44-41(40-51-52(48,49)50-39-38-45(3,4)5)42(46)36-34-32-30-28-15-13-11-9-7-2/h15,22-23,28,34,36,41-42,46H,6-14,16-21,24-27,29-33,35,37-40H2,1-5H3,(H-,44,47,48,49)/p+1/b23-22-,28-15+,36-34+. The Hall–Kier alpha value is -1.28. The van der Waals surface area contributed by atoms with Crippen LogP contribution in [0.1, 0.15) is 181 Å². The molecule has 3 atom stereocenters. The van der Waals surface area contributed by atoms with Crippen LogP contribution in [0.15, 0.2) is 36.5 Å². The molecule has 0 aromatic carbocycles. The van der Waals surface area contributed by atoms with Crippen LogP contribution in [-0.4, -0.2) is 73.4 Å². The molecule has 0 saturated heterocycles. The zero-order chi connectivity index (χ0) is 38.6. The van der Waals surface area contributed by atoms with Gasteiger partial charge in [-0.2, -0.15) is 0 Å². The molecule has 0 fully saturated rings. The van der Waals surface area contributed by atoms with E-state index in [0.29, 0.717) is 17.4 Å². The lowest BCUT2D eigenvalue weighted by Crippen LogP contribution is -2.45. The second-order valence-electron chi connectivity index (χ2n) is 15.7. The van der Waals surface area contributed by atoms with E-state index in [0.717, 1.165) is 38.5 Å². The second kappa shape index (κ2) is 35.4. The molecule has 0 radical (unpaired) electrons. The topological polar surface area (TPSA) is 105 Å². The number of phosphoric ester groups is 1. The molecule has 0 aromatic rings. The number of unbranched alkanes of at least 4 members (excludes halogenated alkanes) is 21. The third-order valence-electron chi connectivity index (χ3n) is 9.33. The maximum atomic E-state index is 12.8. The van der Waals surface area contributed by atoms with Crippen LogP contribution in [0.3, 0.4) is 0 Å². The van der Waals surface area contributed by atoms with Crippen molar-refractivity contribution < 1.29 is 32.9 Å². The normalized spacial score (nSPS) is 14.8. The van der Waals surface area contributed by atoms with Crippen LogP contribution >= 0.6 is 7.82 Å². The predicted octanol–water partition coefficient (Wildman–Crippen LogP) is 11.5. The maximum Gasteiger partial charge on any atom is 0.472 e. The van der Waals surface area contributed by atoms with Crippen molar-refractivity contribution in [1.82, 2.24) is 5.32 Å². The third kappa shape index (κ3) is 37.1. The molecule has 3 N–H and O–H groups in total. The number of aliphatic hydroxyl groups is 1. The Labute approximate surface area is 321 Å². The SMILES string of the molecule is CCCCC/C=C/CC/C=C/C(O)C(COP(=O)(O)OCC[N+](C)(C)C)NC(=O)CCCCCCCCC/C=C\CCCCCCCCCCCC. The quantitative estimate of drug-likeness (QED) is 0.0251. The Balaban J connectivity index is 4.30. The number of nitrogens with one attached hydrogen (secondary N) is 1. The second-order valence-corrected chi connectivity index (χ2v) is 17.2. The highest BCUT2D eigenvalue weighted by Crippen LogP contribution is 2.43. The molecule has 0 spiro atoms. The summed E-state index contributed by atoms with van der Waals surface area (Å²) in [5.74, 6) is -0.195. The summed E-state index contributed by atoms with van der Waals surface area (Å²) < 4.78 is 23.4. The first-order valence-electron chi connectivity index (χ1n) is 21.4. The first kappa shape index (κ1) is 50.7. The van der Waals surface area contributed by atoms with Crippen molar-refractivity contribution >= 4 is 13.7 Å². The zero-order valence-corrected chi connectivity index (χ0v) is 35.4.